The first-order chi connectivity index (χ1) is 10.1. The summed E-state index contributed by atoms with van der Waals surface area (Å²) >= 11 is 0. The molecular weight excluding hydrogens is 276 g/mol. The molecule has 0 saturated heterocycles. The van der Waals surface area contributed by atoms with E-state index in [9.17, 15) is 9.59 Å². The molecule has 1 unspecified atom stereocenters. The van der Waals surface area contributed by atoms with Gasteiger partial charge in [0, 0.05) is 13.7 Å². The van der Waals surface area contributed by atoms with E-state index in [0.717, 1.165) is 11.3 Å². The van der Waals surface area contributed by atoms with E-state index in [1.54, 1.807) is 7.11 Å². The highest BCUT2D eigenvalue weighted by molar-refractivity contribution is 5.82. The van der Waals surface area contributed by atoms with E-state index in [1.807, 2.05) is 24.3 Å². The van der Waals surface area contributed by atoms with Crippen molar-refractivity contribution in [1.29, 1.82) is 0 Å². The zero-order valence-electron chi connectivity index (χ0n) is 12.1. The first-order valence-corrected chi connectivity index (χ1v) is 6.46. The van der Waals surface area contributed by atoms with Crippen LogP contribution in [-0.2, 0) is 16.0 Å². The summed E-state index contributed by atoms with van der Waals surface area (Å²) in [5, 5.41) is 13.8. The Morgan fingerprint density at radius 3 is 2.71 bits per heavy atom. The molecule has 1 rings (SSSR count). The number of carboxylic acid groups (broad SMARTS) is 1. The van der Waals surface area contributed by atoms with Crippen LogP contribution in [0.3, 0.4) is 0 Å². The largest absolute Gasteiger partial charge is 0.497 e. The van der Waals surface area contributed by atoms with Gasteiger partial charge in [0.1, 0.15) is 5.75 Å². The van der Waals surface area contributed by atoms with Crippen LogP contribution in [0, 0.1) is 0 Å². The van der Waals surface area contributed by atoms with Crippen molar-refractivity contribution in [1.82, 2.24) is 10.6 Å². The molecule has 0 heterocycles. The van der Waals surface area contributed by atoms with Crippen molar-refractivity contribution in [3.8, 4) is 5.75 Å². The lowest BCUT2D eigenvalue weighted by Crippen LogP contribution is -2.48. The lowest BCUT2D eigenvalue weighted by molar-refractivity contribution is -0.140. The van der Waals surface area contributed by atoms with E-state index < -0.39 is 18.0 Å². The third-order valence-corrected chi connectivity index (χ3v) is 2.77. The van der Waals surface area contributed by atoms with Crippen LogP contribution in [0.15, 0.2) is 24.3 Å². The number of hydrogen-bond acceptors (Lipinski definition) is 4. The quantitative estimate of drug-likeness (QED) is 0.654. The van der Waals surface area contributed by atoms with Crippen molar-refractivity contribution in [3.05, 3.63) is 29.8 Å². The Kier molecular flexibility index (Phi) is 7.03. The van der Waals surface area contributed by atoms with Gasteiger partial charge in [-0.25, -0.2) is 9.59 Å². The van der Waals surface area contributed by atoms with Crippen molar-refractivity contribution in [2.45, 2.75) is 12.5 Å². The van der Waals surface area contributed by atoms with Gasteiger partial charge in [-0.15, -0.1) is 0 Å². The Morgan fingerprint density at radius 2 is 2.10 bits per heavy atom. The molecular formula is C14H20N2O5. The molecule has 0 fully saturated rings. The maximum atomic E-state index is 11.6. The van der Waals surface area contributed by atoms with Gasteiger partial charge in [0.2, 0.25) is 0 Å². The molecule has 7 nitrogen and oxygen atoms in total. The lowest BCUT2D eigenvalue weighted by atomic mass is 10.1. The van der Waals surface area contributed by atoms with Gasteiger partial charge >= 0.3 is 12.0 Å². The molecule has 0 radical (unpaired) electrons. The highest BCUT2D eigenvalue weighted by Gasteiger charge is 2.19. The SMILES string of the molecule is COCC(NC(=O)NCCc1cccc(OC)c1)C(=O)O. The fourth-order valence-corrected chi connectivity index (χ4v) is 1.70. The maximum absolute atomic E-state index is 11.6. The van der Waals surface area contributed by atoms with Gasteiger partial charge in [0.15, 0.2) is 6.04 Å². The van der Waals surface area contributed by atoms with Crippen molar-refractivity contribution in [2.75, 3.05) is 27.4 Å². The van der Waals surface area contributed by atoms with Gasteiger partial charge in [0.25, 0.3) is 0 Å². The minimum Gasteiger partial charge on any atom is -0.497 e. The molecule has 0 saturated carbocycles. The molecule has 3 N–H and O–H groups in total. The van der Waals surface area contributed by atoms with Crippen LogP contribution in [0.2, 0.25) is 0 Å². The summed E-state index contributed by atoms with van der Waals surface area (Å²) in [5.74, 6) is -0.386. The van der Waals surface area contributed by atoms with Gasteiger partial charge in [-0.3, -0.25) is 0 Å². The van der Waals surface area contributed by atoms with Gasteiger partial charge in [-0.2, -0.15) is 0 Å². The summed E-state index contributed by atoms with van der Waals surface area (Å²) in [6.45, 7) is 0.303. The van der Waals surface area contributed by atoms with E-state index in [4.69, 9.17) is 14.6 Å². The summed E-state index contributed by atoms with van der Waals surface area (Å²) in [6.07, 6.45) is 0.618. The molecule has 1 aromatic carbocycles. The van der Waals surface area contributed by atoms with E-state index in [1.165, 1.54) is 7.11 Å². The average Bonchev–Trinajstić information content (AvgIpc) is 2.47. The number of carboxylic acids is 1. The summed E-state index contributed by atoms with van der Waals surface area (Å²) in [5.41, 5.74) is 1.02. The molecule has 0 aliphatic rings. The van der Waals surface area contributed by atoms with Crippen molar-refractivity contribution < 1.29 is 24.2 Å². The zero-order chi connectivity index (χ0) is 15.7. The topological polar surface area (TPSA) is 96.9 Å². The van der Waals surface area contributed by atoms with Crippen LogP contribution in [0.4, 0.5) is 4.79 Å². The molecule has 0 bridgehead atoms. The summed E-state index contributed by atoms with van der Waals surface area (Å²) < 4.78 is 9.84. The Morgan fingerprint density at radius 1 is 1.33 bits per heavy atom. The van der Waals surface area contributed by atoms with Gasteiger partial charge in [0.05, 0.1) is 13.7 Å². The smallest absolute Gasteiger partial charge is 0.328 e. The van der Waals surface area contributed by atoms with Gasteiger partial charge < -0.3 is 25.2 Å². The van der Waals surface area contributed by atoms with E-state index in [2.05, 4.69) is 10.6 Å². The second-order valence-electron chi connectivity index (χ2n) is 4.35. The highest BCUT2D eigenvalue weighted by atomic mass is 16.5. The number of aliphatic carboxylic acids is 1. The fourth-order valence-electron chi connectivity index (χ4n) is 1.70. The number of rotatable bonds is 8. The van der Waals surface area contributed by atoms with E-state index >= 15 is 0 Å². The summed E-state index contributed by atoms with van der Waals surface area (Å²) in [7, 11) is 2.96. The fraction of sp³-hybridized carbons (Fsp3) is 0.429. The van der Waals surface area contributed by atoms with E-state index in [0.29, 0.717) is 13.0 Å². The Labute approximate surface area is 123 Å². The molecule has 7 heteroatoms. The number of benzene rings is 1. The van der Waals surface area contributed by atoms with Crippen LogP contribution in [-0.4, -0.2) is 50.5 Å². The normalized spacial score (nSPS) is 11.5. The third-order valence-electron chi connectivity index (χ3n) is 2.77. The summed E-state index contributed by atoms with van der Waals surface area (Å²) in [6, 6.07) is 5.91. The second kappa shape index (κ2) is 8.80. The minimum absolute atomic E-state index is 0.0847. The predicted octanol–water partition coefficient (Wildman–Crippen LogP) is 0.636. The Bertz CT molecular complexity index is 478. The first-order valence-electron chi connectivity index (χ1n) is 6.46. The monoisotopic (exact) mass is 296 g/mol. The number of nitrogens with one attached hydrogen (secondary N) is 2. The Balaban J connectivity index is 2.37. The molecule has 0 aliphatic carbocycles. The number of urea groups is 1. The average molecular weight is 296 g/mol. The Hall–Kier alpha value is -2.28. The number of amides is 2. The number of methoxy groups -OCH3 is 2. The lowest BCUT2D eigenvalue weighted by Gasteiger charge is -2.14. The third kappa shape index (κ3) is 6.13. The molecule has 2 amide bonds. The molecule has 0 spiro atoms. The maximum Gasteiger partial charge on any atom is 0.328 e. The molecule has 0 aliphatic heterocycles. The van der Waals surface area contributed by atoms with E-state index in [-0.39, 0.29) is 6.61 Å². The number of hydrogen-bond donors (Lipinski definition) is 3. The second-order valence-corrected chi connectivity index (χ2v) is 4.35. The van der Waals surface area contributed by atoms with Crippen LogP contribution in [0.25, 0.3) is 0 Å². The standard InChI is InChI=1S/C14H20N2O5/c1-20-9-12(13(17)18)16-14(19)15-7-6-10-4-3-5-11(8-10)21-2/h3-5,8,12H,6-7,9H2,1-2H3,(H,17,18)(H2,15,16,19). The number of ether oxygens (including phenoxy) is 2. The molecule has 116 valence electrons. The van der Waals surface area contributed by atoms with Crippen LogP contribution in [0.1, 0.15) is 5.56 Å². The predicted molar refractivity (Wildman–Crippen MR) is 76.5 cm³/mol. The number of carbonyl (C=O) groups is 2. The van der Waals surface area contributed by atoms with Crippen molar-refractivity contribution in [2.24, 2.45) is 0 Å². The van der Waals surface area contributed by atoms with Gasteiger partial charge in [-0.1, -0.05) is 12.1 Å². The van der Waals surface area contributed by atoms with Gasteiger partial charge in [-0.05, 0) is 24.1 Å². The molecule has 0 aromatic heterocycles. The minimum atomic E-state index is -1.14. The number of carbonyl (C=O) groups excluding carboxylic acids is 1. The van der Waals surface area contributed by atoms with Crippen LogP contribution >= 0.6 is 0 Å². The molecule has 21 heavy (non-hydrogen) atoms. The van der Waals surface area contributed by atoms with Crippen molar-refractivity contribution >= 4 is 12.0 Å². The zero-order valence-corrected chi connectivity index (χ0v) is 12.1. The molecule has 1 aromatic rings. The highest BCUT2D eigenvalue weighted by Crippen LogP contribution is 2.12. The molecule has 1 atom stereocenters. The summed E-state index contributed by atoms with van der Waals surface area (Å²) in [4.78, 5) is 22.4. The van der Waals surface area contributed by atoms with Crippen molar-refractivity contribution in [3.63, 3.8) is 0 Å². The van der Waals surface area contributed by atoms with Crippen LogP contribution < -0.4 is 15.4 Å². The first kappa shape index (κ1) is 16.8. The van der Waals surface area contributed by atoms with Crippen LogP contribution in [0.5, 0.6) is 5.75 Å².